The molecule has 1 saturated heterocycles. The number of likely N-dealkylation sites (tertiary alicyclic amines) is 1. The van der Waals surface area contributed by atoms with Crippen molar-refractivity contribution in [2.75, 3.05) is 13.1 Å². The van der Waals surface area contributed by atoms with Crippen molar-refractivity contribution >= 4 is 17.7 Å². The number of nitrogens with zero attached hydrogens (tertiary/aromatic N) is 5. The molecule has 0 atom stereocenters. The first kappa shape index (κ1) is 22.2. The van der Waals surface area contributed by atoms with Crippen molar-refractivity contribution in [3.05, 3.63) is 45.8 Å². The Morgan fingerprint density at radius 1 is 1.26 bits per heavy atom. The predicted octanol–water partition coefficient (Wildman–Crippen LogP) is 2.61. The number of rotatable bonds is 4. The summed E-state index contributed by atoms with van der Waals surface area (Å²) in [6, 6.07) is 5.85. The molecule has 1 aromatic heterocycles. The normalized spacial score (nSPS) is 14.9. The highest BCUT2D eigenvalue weighted by Crippen LogP contribution is 2.19. The summed E-state index contributed by atoms with van der Waals surface area (Å²) in [7, 11) is 0. The Hall–Kier alpha value is -3.50. The zero-order chi connectivity index (χ0) is 22.8. The fourth-order valence-corrected chi connectivity index (χ4v) is 3.31. The molecule has 31 heavy (non-hydrogen) atoms. The second-order valence-electron chi connectivity index (χ2n) is 8.43. The van der Waals surface area contributed by atoms with Crippen molar-refractivity contribution in [3.63, 3.8) is 0 Å². The number of nitrogens with one attached hydrogen (secondary N) is 1. The molecule has 1 N–H and O–H groups in total. The van der Waals surface area contributed by atoms with Crippen molar-refractivity contribution in [2.24, 2.45) is 0 Å². The standard InChI is InChI=1S/C20H26N6O5/c1-13-17(22-23-25(13)15-6-5-7-16(12-15)26(29)30)18(27)21-14-8-10-24(11-9-14)19(28)31-20(2,3)4/h5-7,12,14H,8-11H2,1-4H3,(H,21,27). The number of non-ortho nitro benzene ring substituents is 1. The Bertz CT molecular complexity index is 988. The van der Waals surface area contributed by atoms with Gasteiger partial charge in [0.2, 0.25) is 0 Å². The molecule has 3 rings (SSSR count). The molecular formula is C20H26N6O5. The minimum Gasteiger partial charge on any atom is -0.444 e. The summed E-state index contributed by atoms with van der Waals surface area (Å²) in [5, 5.41) is 21.9. The van der Waals surface area contributed by atoms with Crippen LogP contribution in [0.5, 0.6) is 0 Å². The fraction of sp³-hybridized carbons (Fsp3) is 0.500. The second kappa shape index (κ2) is 8.70. The number of aromatic nitrogens is 3. The van der Waals surface area contributed by atoms with Crippen LogP contribution >= 0.6 is 0 Å². The summed E-state index contributed by atoms with van der Waals surface area (Å²) in [6.07, 6.45) is 0.847. The third-order valence-corrected chi connectivity index (χ3v) is 4.88. The number of amides is 2. The molecule has 0 saturated carbocycles. The fourth-order valence-electron chi connectivity index (χ4n) is 3.31. The van der Waals surface area contributed by atoms with E-state index in [0.29, 0.717) is 37.3 Å². The van der Waals surface area contributed by atoms with Gasteiger partial charge in [-0.15, -0.1) is 5.10 Å². The van der Waals surface area contributed by atoms with Gasteiger partial charge in [0.05, 0.1) is 16.3 Å². The lowest BCUT2D eigenvalue weighted by Gasteiger charge is -2.33. The van der Waals surface area contributed by atoms with Crippen molar-refractivity contribution in [3.8, 4) is 5.69 Å². The summed E-state index contributed by atoms with van der Waals surface area (Å²) in [5.74, 6) is -0.370. The monoisotopic (exact) mass is 430 g/mol. The summed E-state index contributed by atoms with van der Waals surface area (Å²) < 4.78 is 6.78. The molecule has 2 aromatic rings. The van der Waals surface area contributed by atoms with Gasteiger partial charge in [0.1, 0.15) is 5.60 Å². The van der Waals surface area contributed by atoms with E-state index in [1.807, 2.05) is 20.8 Å². The highest BCUT2D eigenvalue weighted by Gasteiger charge is 2.28. The molecule has 0 unspecified atom stereocenters. The van der Waals surface area contributed by atoms with Crippen molar-refractivity contribution in [1.82, 2.24) is 25.2 Å². The van der Waals surface area contributed by atoms with E-state index in [0.717, 1.165) is 0 Å². The number of nitro groups is 1. The van der Waals surface area contributed by atoms with Crippen LogP contribution in [0.3, 0.4) is 0 Å². The largest absolute Gasteiger partial charge is 0.444 e. The van der Waals surface area contributed by atoms with E-state index in [1.54, 1.807) is 24.0 Å². The molecule has 0 radical (unpaired) electrons. The van der Waals surface area contributed by atoms with Gasteiger partial charge in [-0.05, 0) is 46.6 Å². The molecule has 1 aliphatic heterocycles. The molecule has 166 valence electrons. The molecule has 11 heteroatoms. The van der Waals surface area contributed by atoms with Crippen LogP contribution in [0.15, 0.2) is 24.3 Å². The number of carbonyl (C=O) groups excluding carboxylic acids is 2. The zero-order valence-corrected chi connectivity index (χ0v) is 18.0. The number of nitro benzene ring substituents is 1. The van der Waals surface area contributed by atoms with E-state index >= 15 is 0 Å². The van der Waals surface area contributed by atoms with Gasteiger partial charge in [0, 0.05) is 31.3 Å². The van der Waals surface area contributed by atoms with Gasteiger partial charge < -0.3 is 15.0 Å². The lowest BCUT2D eigenvalue weighted by atomic mass is 10.1. The van der Waals surface area contributed by atoms with Crippen molar-refractivity contribution in [1.29, 1.82) is 0 Å². The van der Waals surface area contributed by atoms with Crippen LogP contribution in [0.4, 0.5) is 10.5 Å². The number of benzene rings is 1. The molecule has 0 aliphatic carbocycles. The SMILES string of the molecule is Cc1c(C(=O)NC2CCN(C(=O)OC(C)(C)C)CC2)nnn1-c1cccc([N+](=O)[O-])c1. The zero-order valence-electron chi connectivity index (χ0n) is 18.0. The first-order valence-corrected chi connectivity index (χ1v) is 10.0. The van der Waals surface area contributed by atoms with Crippen molar-refractivity contribution in [2.45, 2.75) is 52.2 Å². The van der Waals surface area contributed by atoms with Crippen LogP contribution in [0.2, 0.25) is 0 Å². The molecule has 1 fully saturated rings. The second-order valence-corrected chi connectivity index (χ2v) is 8.43. The summed E-state index contributed by atoms with van der Waals surface area (Å²) in [6.45, 7) is 8.11. The maximum atomic E-state index is 12.7. The first-order valence-electron chi connectivity index (χ1n) is 10.0. The van der Waals surface area contributed by atoms with Crippen LogP contribution in [0.25, 0.3) is 5.69 Å². The lowest BCUT2D eigenvalue weighted by molar-refractivity contribution is -0.384. The topological polar surface area (TPSA) is 132 Å². The average molecular weight is 430 g/mol. The Kier molecular flexibility index (Phi) is 6.23. The summed E-state index contributed by atoms with van der Waals surface area (Å²) >= 11 is 0. The Morgan fingerprint density at radius 3 is 2.55 bits per heavy atom. The number of hydrogen-bond acceptors (Lipinski definition) is 7. The van der Waals surface area contributed by atoms with Crippen LogP contribution in [-0.4, -0.2) is 61.5 Å². The van der Waals surface area contributed by atoms with Gasteiger partial charge in [0.15, 0.2) is 5.69 Å². The van der Waals surface area contributed by atoms with Crippen molar-refractivity contribution < 1.29 is 19.2 Å². The molecule has 1 aliphatic rings. The minimum absolute atomic E-state index is 0.0739. The number of hydrogen-bond donors (Lipinski definition) is 1. The van der Waals surface area contributed by atoms with Crippen LogP contribution < -0.4 is 5.32 Å². The quantitative estimate of drug-likeness (QED) is 0.582. The van der Waals surface area contributed by atoms with Crippen LogP contribution in [-0.2, 0) is 4.74 Å². The Morgan fingerprint density at radius 2 is 1.94 bits per heavy atom. The molecule has 11 nitrogen and oxygen atoms in total. The summed E-state index contributed by atoms with van der Waals surface area (Å²) in [4.78, 5) is 37.0. The van der Waals surface area contributed by atoms with Gasteiger partial charge in [-0.1, -0.05) is 11.3 Å². The van der Waals surface area contributed by atoms with Gasteiger partial charge in [-0.2, -0.15) is 0 Å². The molecular weight excluding hydrogens is 404 g/mol. The Labute approximate surface area is 179 Å². The third kappa shape index (κ3) is 5.36. The highest BCUT2D eigenvalue weighted by atomic mass is 16.6. The maximum Gasteiger partial charge on any atom is 0.410 e. The molecule has 2 heterocycles. The van der Waals surface area contributed by atoms with Crippen LogP contribution in [0, 0.1) is 17.0 Å². The van der Waals surface area contributed by atoms with E-state index in [9.17, 15) is 19.7 Å². The van der Waals surface area contributed by atoms with Gasteiger partial charge in [0.25, 0.3) is 11.6 Å². The molecule has 0 spiro atoms. The van der Waals surface area contributed by atoms with E-state index in [4.69, 9.17) is 4.74 Å². The highest BCUT2D eigenvalue weighted by molar-refractivity contribution is 5.93. The van der Waals surface area contributed by atoms with Crippen LogP contribution in [0.1, 0.15) is 49.8 Å². The van der Waals surface area contributed by atoms with E-state index in [1.165, 1.54) is 16.8 Å². The molecule has 2 amide bonds. The number of carbonyl (C=O) groups is 2. The van der Waals surface area contributed by atoms with E-state index in [2.05, 4.69) is 15.6 Å². The first-order chi connectivity index (χ1) is 14.5. The predicted molar refractivity (Wildman–Crippen MR) is 111 cm³/mol. The third-order valence-electron chi connectivity index (χ3n) is 4.88. The minimum atomic E-state index is -0.551. The Balaban J connectivity index is 1.62. The van der Waals surface area contributed by atoms with Gasteiger partial charge in [-0.3, -0.25) is 14.9 Å². The smallest absolute Gasteiger partial charge is 0.410 e. The maximum absolute atomic E-state index is 12.7. The van der Waals surface area contributed by atoms with Gasteiger partial charge in [-0.25, -0.2) is 9.48 Å². The molecule has 0 bridgehead atoms. The van der Waals surface area contributed by atoms with E-state index in [-0.39, 0.29) is 29.4 Å². The molecule has 1 aromatic carbocycles. The number of ether oxygens (including phenoxy) is 1. The van der Waals surface area contributed by atoms with Gasteiger partial charge >= 0.3 is 6.09 Å². The average Bonchev–Trinajstić information content (AvgIpc) is 3.08. The summed E-state index contributed by atoms with van der Waals surface area (Å²) in [5.41, 5.74) is 0.453. The lowest BCUT2D eigenvalue weighted by Crippen LogP contribution is -2.47. The van der Waals surface area contributed by atoms with E-state index < -0.39 is 10.5 Å². The number of piperidine rings is 1.